The number of ketones is 1. The van der Waals surface area contributed by atoms with E-state index in [1.165, 1.54) is 6.92 Å². The Bertz CT molecular complexity index is 958. The van der Waals surface area contributed by atoms with E-state index in [1.807, 2.05) is 30.3 Å². The first-order chi connectivity index (χ1) is 13.8. The molecule has 1 heterocycles. The van der Waals surface area contributed by atoms with Gasteiger partial charge in [-0.15, -0.1) is 0 Å². The van der Waals surface area contributed by atoms with Gasteiger partial charge in [0.15, 0.2) is 5.78 Å². The van der Waals surface area contributed by atoms with Crippen LogP contribution in [0.4, 0.5) is 10.5 Å². The summed E-state index contributed by atoms with van der Waals surface area (Å²) >= 11 is 0. The highest BCUT2D eigenvalue weighted by Gasteiger charge is 2.47. The van der Waals surface area contributed by atoms with Crippen molar-refractivity contribution in [2.24, 2.45) is 0 Å². The van der Waals surface area contributed by atoms with Gasteiger partial charge in [-0.1, -0.05) is 42.5 Å². The third-order valence-electron chi connectivity index (χ3n) is 4.98. The number of anilines is 1. The molecule has 0 unspecified atom stereocenters. The van der Waals surface area contributed by atoms with Crippen molar-refractivity contribution in [3.63, 3.8) is 0 Å². The predicted molar refractivity (Wildman–Crippen MR) is 108 cm³/mol. The molecule has 1 atom stereocenters. The van der Waals surface area contributed by atoms with E-state index in [1.54, 1.807) is 31.2 Å². The Morgan fingerprint density at radius 1 is 1.03 bits per heavy atom. The van der Waals surface area contributed by atoms with Crippen LogP contribution in [0.2, 0.25) is 0 Å². The molecule has 2 aromatic rings. The van der Waals surface area contributed by atoms with Crippen LogP contribution < -0.4 is 10.6 Å². The lowest BCUT2D eigenvalue weighted by atomic mass is 9.93. The van der Waals surface area contributed by atoms with Crippen LogP contribution in [0.3, 0.4) is 0 Å². The number of hydrogen-bond acceptors (Lipinski definition) is 4. The van der Waals surface area contributed by atoms with Crippen molar-refractivity contribution < 1.29 is 19.2 Å². The molecule has 1 aliphatic heterocycles. The fourth-order valence-electron chi connectivity index (χ4n) is 3.33. The fourth-order valence-corrected chi connectivity index (χ4v) is 3.33. The van der Waals surface area contributed by atoms with E-state index in [2.05, 4.69) is 10.6 Å². The van der Waals surface area contributed by atoms with Crippen molar-refractivity contribution in [1.29, 1.82) is 0 Å². The Balaban J connectivity index is 1.65. The third kappa shape index (κ3) is 4.51. The molecule has 3 rings (SSSR count). The zero-order valence-corrected chi connectivity index (χ0v) is 16.4. The Morgan fingerprint density at radius 2 is 1.69 bits per heavy atom. The summed E-state index contributed by atoms with van der Waals surface area (Å²) in [6.07, 6.45) is 1.04. The second-order valence-corrected chi connectivity index (χ2v) is 7.29. The molecule has 1 saturated heterocycles. The number of carbonyl (C=O) groups is 4. The second kappa shape index (κ2) is 8.26. The molecule has 1 fully saturated rings. The molecule has 0 spiro atoms. The molecular formula is C22H23N3O4. The lowest BCUT2D eigenvalue weighted by molar-refractivity contribution is -0.133. The topological polar surface area (TPSA) is 95.6 Å². The quantitative estimate of drug-likeness (QED) is 0.558. The number of benzene rings is 2. The van der Waals surface area contributed by atoms with Crippen LogP contribution in [-0.2, 0) is 16.0 Å². The van der Waals surface area contributed by atoms with Gasteiger partial charge in [-0.25, -0.2) is 4.79 Å². The van der Waals surface area contributed by atoms with Crippen molar-refractivity contribution >= 4 is 29.3 Å². The van der Waals surface area contributed by atoms with E-state index in [0.29, 0.717) is 24.1 Å². The minimum Gasteiger partial charge on any atom is -0.324 e. The van der Waals surface area contributed by atoms with Crippen molar-refractivity contribution in [2.75, 3.05) is 11.9 Å². The van der Waals surface area contributed by atoms with Crippen LogP contribution in [0, 0.1) is 0 Å². The maximum Gasteiger partial charge on any atom is 0.325 e. The van der Waals surface area contributed by atoms with Crippen molar-refractivity contribution in [2.45, 2.75) is 32.2 Å². The van der Waals surface area contributed by atoms with E-state index < -0.39 is 29.9 Å². The predicted octanol–water partition coefficient (Wildman–Crippen LogP) is 2.77. The van der Waals surface area contributed by atoms with E-state index in [9.17, 15) is 19.2 Å². The molecule has 0 aromatic heterocycles. The number of imide groups is 1. The molecule has 2 N–H and O–H groups in total. The Kier molecular flexibility index (Phi) is 5.77. The molecule has 0 saturated carbocycles. The lowest BCUT2D eigenvalue weighted by Gasteiger charge is -2.21. The molecule has 7 heteroatoms. The van der Waals surface area contributed by atoms with Crippen molar-refractivity contribution in [3.05, 3.63) is 65.7 Å². The molecule has 0 radical (unpaired) electrons. The van der Waals surface area contributed by atoms with Crippen molar-refractivity contribution in [3.8, 4) is 0 Å². The van der Waals surface area contributed by atoms with Gasteiger partial charge in [-0.2, -0.15) is 0 Å². The smallest absolute Gasteiger partial charge is 0.324 e. The summed E-state index contributed by atoms with van der Waals surface area (Å²) < 4.78 is 0. The number of Topliss-reactive ketones (excluding diaryl/α,β-unsaturated/α-hetero) is 1. The third-order valence-corrected chi connectivity index (χ3v) is 4.98. The Hall–Kier alpha value is -3.48. The summed E-state index contributed by atoms with van der Waals surface area (Å²) in [5.74, 6) is -1.17. The van der Waals surface area contributed by atoms with Gasteiger partial charge >= 0.3 is 6.03 Å². The summed E-state index contributed by atoms with van der Waals surface area (Å²) in [6, 6.07) is 15.7. The monoisotopic (exact) mass is 393 g/mol. The molecular weight excluding hydrogens is 370 g/mol. The first kappa shape index (κ1) is 20.3. The molecule has 2 aromatic carbocycles. The van der Waals surface area contributed by atoms with Crippen LogP contribution in [0.5, 0.6) is 0 Å². The summed E-state index contributed by atoms with van der Waals surface area (Å²) in [6.45, 7) is 2.65. The largest absolute Gasteiger partial charge is 0.325 e. The number of carbonyl (C=O) groups excluding carboxylic acids is 4. The SMILES string of the molecule is CC(=O)c1ccccc1NC(=O)CN1C(=O)N[C@](C)(CCc2ccccc2)C1=O. The number of nitrogens with one attached hydrogen (secondary N) is 2. The summed E-state index contributed by atoms with van der Waals surface area (Å²) in [5, 5.41) is 5.31. The highest BCUT2D eigenvalue weighted by Crippen LogP contribution is 2.23. The Labute approximate surface area is 169 Å². The van der Waals surface area contributed by atoms with Gasteiger partial charge in [0.05, 0.1) is 5.69 Å². The number of nitrogens with zero attached hydrogens (tertiary/aromatic N) is 1. The molecule has 0 bridgehead atoms. The average Bonchev–Trinajstić information content (AvgIpc) is 2.91. The minimum atomic E-state index is -1.06. The van der Waals surface area contributed by atoms with E-state index in [0.717, 1.165) is 10.5 Å². The molecule has 1 aliphatic rings. The number of urea groups is 1. The number of para-hydroxylation sites is 1. The highest BCUT2D eigenvalue weighted by molar-refractivity contribution is 6.10. The fraction of sp³-hybridized carbons (Fsp3) is 0.273. The number of rotatable bonds is 7. The van der Waals surface area contributed by atoms with Crippen LogP contribution in [0.1, 0.15) is 36.2 Å². The van der Waals surface area contributed by atoms with E-state index in [4.69, 9.17) is 0 Å². The van der Waals surface area contributed by atoms with E-state index in [-0.39, 0.29) is 5.78 Å². The van der Waals surface area contributed by atoms with Gasteiger partial charge in [-0.3, -0.25) is 19.3 Å². The summed E-state index contributed by atoms with van der Waals surface area (Å²) in [4.78, 5) is 50.2. The van der Waals surface area contributed by atoms with Gasteiger partial charge < -0.3 is 10.6 Å². The zero-order chi connectivity index (χ0) is 21.0. The first-order valence-electron chi connectivity index (χ1n) is 9.38. The summed E-state index contributed by atoms with van der Waals surface area (Å²) in [7, 11) is 0. The zero-order valence-electron chi connectivity index (χ0n) is 16.4. The molecule has 4 amide bonds. The normalized spacial score (nSPS) is 18.5. The van der Waals surface area contributed by atoms with Crippen LogP contribution in [0.25, 0.3) is 0 Å². The average molecular weight is 393 g/mol. The standard InChI is InChI=1S/C22H23N3O4/c1-15(26)17-10-6-7-11-18(17)23-19(27)14-25-20(28)22(2,24-21(25)29)13-12-16-8-4-3-5-9-16/h3-11H,12-14H2,1-2H3,(H,23,27)(H,24,29)/t22-/m1/s1. The number of amides is 4. The maximum absolute atomic E-state index is 12.8. The van der Waals surface area contributed by atoms with Crippen LogP contribution in [0.15, 0.2) is 54.6 Å². The lowest BCUT2D eigenvalue weighted by Crippen LogP contribution is -2.45. The van der Waals surface area contributed by atoms with Gasteiger partial charge in [-0.05, 0) is 44.4 Å². The van der Waals surface area contributed by atoms with Crippen molar-refractivity contribution in [1.82, 2.24) is 10.2 Å². The second-order valence-electron chi connectivity index (χ2n) is 7.29. The number of aryl methyl sites for hydroxylation is 1. The van der Waals surface area contributed by atoms with Crippen LogP contribution >= 0.6 is 0 Å². The molecule has 0 aliphatic carbocycles. The summed E-state index contributed by atoms with van der Waals surface area (Å²) in [5.41, 5.74) is 0.715. The van der Waals surface area contributed by atoms with Crippen LogP contribution in [-0.4, -0.2) is 40.6 Å². The molecule has 29 heavy (non-hydrogen) atoms. The van der Waals surface area contributed by atoms with E-state index >= 15 is 0 Å². The maximum atomic E-state index is 12.8. The Morgan fingerprint density at radius 3 is 2.38 bits per heavy atom. The number of hydrogen-bond donors (Lipinski definition) is 2. The van der Waals surface area contributed by atoms with Gasteiger partial charge in [0.2, 0.25) is 5.91 Å². The first-order valence-corrected chi connectivity index (χ1v) is 9.38. The van der Waals surface area contributed by atoms with Gasteiger partial charge in [0.25, 0.3) is 5.91 Å². The highest BCUT2D eigenvalue weighted by atomic mass is 16.2. The molecule has 150 valence electrons. The molecule has 7 nitrogen and oxygen atoms in total. The van der Waals surface area contributed by atoms with Gasteiger partial charge in [0, 0.05) is 5.56 Å². The minimum absolute atomic E-state index is 0.190. The van der Waals surface area contributed by atoms with Gasteiger partial charge in [0.1, 0.15) is 12.1 Å².